The first-order valence-corrected chi connectivity index (χ1v) is 8.19. The molecular weight excluding hydrogens is 324 g/mol. The summed E-state index contributed by atoms with van der Waals surface area (Å²) >= 11 is 5.19. The van der Waals surface area contributed by atoms with Gasteiger partial charge in [0.1, 0.15) is 5.54 Å². The molecule has 3 N–H and O–H groups in total. The minimum absolute atomic E-state index is 0.111. The van der Waals surface area contributed by atoms with E-state index in [1.165, 1.54) is 0 Å². The standard InChI is InChI=1S/C14H19BrN2OS/c1-13(2)7-14(12(16)18,9-19-8-13)17-11-5-3-10(15)4-6-11/h3-6,17H,7-9H2,1-2H3,(H2,16,18). The number of hydrogen-bond donors (Lipinski definition) is 2. The lowest BCUT2D eigenvalue weighted by Crippen LogP contribution is -2.57. The topological polar surface area (TPSA) is 55.1 Å². The van der Waals surface area contributed by atoms with Gasteiger partial charge >= 0.3 is 0 Å². The quantitative estimate of drug-likeness (QED) is 0.886. The average Bonchev–Trinajstić information content (AvgIpc) is 2.31. The van der Waals surface area contributed by atoms with Gasteiger partial charge in [0.05, 0.1) is 0 Å². The average molecular weight is 343 g/mol. The number of amides is 1. The number of hydrogen-bond acceptors (Lipinski definition) is 3. The van der Waals surface area contributed by atoms with Gasteiger partial charge in [0.25, 0.3) is 0 Å². The zero-order valence-electron chi connectivity index (χ0n) is 11.2. The molecule has 2 rings (SSSR count). The summed E-state index contributed by atoms with van der Waals surface area (Å²) < 4.78 is 1.02. The SMILES string of the molecule is CC1(C)CSCC(Nc2ccc(Br)cc2)(C(N)=O)C1. The molecule has 0 radical (unpaired) electrons. The molecule has 5 heteroatoms. The van der Waals surface area contributed by atoms with Gasteiger partial charge < -0.3 is 11.1 Å². The normalized spacial score (nSPS) is 25.8. The lowest BCUT2D eigenvalue weighted by molar-refractivity contribution is -0.122. The van der Waals surface area contributed by atoms with Gasteiger partial charge in [-0.25, -0.2) is 0 Å². The number of halogens is 1. The Hall–Kier alpha value is -0.680. The zero-order valence-corrected chi connectivity index (χ0v) is 13.6. The van der Waals surface area contributed by atoms with E-state index < -0.39 is 5.54 Å². The first kappa shape index (κ1) is 14.7. The Kier molecular flexibility index (Phi) is 4.16. The van der Waals surface area contributed by atoms with Crippen LogP contribution >= 0.6 is 27.7 Å². The minimum Gasteiger partial charge on any atom is -0.371 e. The molecule has 0 spiro atoms. The van der Waals surface area contributed by atoms with Crippen LogP contribution in [-0.4, -0.2) is 23.0 Å². The maximum absolute atomic E-state index is 12.0. The minimum atomic E-state index is -0.653. The first-order chi connectivity index (χ1) is 8.83. The molecule has 1 aliphatic rings. The predicted molar refractivity (Wildman–Crippen MR) is 85.4 cm³/mol. The molecule has 1 fully saturated rings. The van der Waals surface area contributed by atoms with Gasteiger partial charge in [0, 0.05) is 15.9 Å². The Morgan fingerprint density at radius 1 is 1.32 bits per heavy atom. The van der Waals surface area contributed by atoms with Crippen molar-refractivity contribution in [2.24, 2.45) is 11.1 Å². The van der Waals surface area contributed by atoms with E-state index in [-0.39, 0.29) is 11.3 Å². The number of rotatable bonds is 3. The molecule has 19 heavy (non-hydrogen) atoms. The van der Waals surface area contributed by atoms with Gasteiger partial charge in [-0.15, -0.1) is 0 Å². The number of nitrogens with one attached hydrogen (secondary N) is 1. The molecule has 1 atom stereocenters. The third-order valence-electron chi connectivity index (χ3n) is 3.32. The van der Waals surface area contributed by atoms with E-state index in [2.05, 4.69) is 35.1 Å². The van der Waals surface area contributed by atoms with E-state index in [1.807, 2.05) is 24.3 Å². The Morgan fingerprint density at radius 3 is 2.47 bits per heavy atom. The summed E-state index contributed by atoms with van der Waals surface area (Å²) in [4.78, 5) is 12.0. The Bertz CT molecular complexity index is 475. The molecule has 0 saturated carbocycles. The molecule has 1 amide bonds. The summed E-state index contributed by atoms with van der Waals surface area (Å²) in [5.74, 6) is 1.52. The largest absolute Gasteiger partial charge is 0.371 e. The van der Waals surface area contributed by atoms with Crippen LogP contribution in [-0.2, 0) is 4.79 Å². The third-order valence-corrected chi connectivity index (χ3v) is 5.53. The molecule has 1 aromatic rings. The number of anilines is 1. The number of primary amides is 1. The van der Waals surface area contributed by atoms with Gasteiger partial charge in [-0.1, -0.05) is 29.8 Å². The fourth-order valence-electron chi connectivity index (χ4n) is 2.53. The van der Waals surface area contributed by atoms with Crippen LogP contribution in [0, 0.1) is 5.41 Å². The van der Waals surface area contributed by atoms with Gasteiger partial charge in [0.15, 0.2) is 0 Å². The number of carbonyl (C=O) groups excluding carboxylic acids is 1. The summed E-state index contributed by atoms with van der Waals surface area (Å²) in [5, 5.41) is 3.36. The summed E-state index contributed by atoms with van der Waals surface area (Å²) in [6, 6.07) is 7.83. The molecule has 0 bridgehead atoms. The molecule has 0 aromatic heterocycles. The smallest absolute Gasteiger partial charge is 0.243 e. The maximum Gasteiger partial charge on any atom is 0.243 e. The van der Waals surface area contributed by atoms with Crippen molar-refractivity contribution in [3.8, 4) is 0 Å². The molecule has 1 unspecified atom stereocenters. The molecular formula is C14H19BrN2OS. The highest BCUT2D eigenvalue weighted by atomic mass is 79.9. The fraction of sp³-hybridized carbons (Fsp3) is 0.500. The van der Waals surface area contributed by atoms with E-state index in [0.717, 1.165) is 28.1 Å². The van der Waals surface area contributed by atoms with E-state index >= 15 is 0 Å². The molecule has 1 saturated heterocycles. The molecule has 1 aliphatic heterocycles. The van der Waals surface area contributed by atoms with Crippen LogP contribution in [0.3, 0.4) is 0 Å². The fourth-order valence-corrected chi connectivity index (χ4v) is 4.22. The Morgan fingerprint density at radius 2 is 1.95 bits per heavy atom. The molecule has 3 nitrogen and oxygen atoms in total. The highest BCUT2D eigenvalue weighted by Gasteiger charge is 2.45. The van der Waals surface area contributed by atoms with Crippen LogP contribution in [0.2, 0.25) is 0 Å². The van der Waals surface area contributed by atoms with Crippen molar-refractivity contribution in [2.75, 3.05) is 16.8 Å². The van der Waals surface area contributed by atoms with Crippen LogP contribution in [0.25, 0.3) is 0 Å². The summed E-state index contributed by atoms with van der Waals surface area (Å²) in [7, 11) is 0. The summed E-state index contributed by atoms with van der Waals surface area (Å²) in [6.45, 7) is 4.36. The third kappa shape index (κ3) is 3.45. The predicted octanol–water partition coefficient (Wildman–Crippen LogP) is 3.25. The van der Waals surface area contributed by atoms with Gasteiger partial charge in [-0.3, -0.25) is 4.79 Å². The number of benzene rings is 1. The highest BCUT2D eigenvalue weighted by molar-refractivity contribution is 9.10. The Labute approximate surface area is 126 Å². The van der Waals surface area contributed by atoms with Crippen molar-refractivity contribution in [2.45, 2.75) is 25.8 Å². The van der Waals surface area contributed by atoms with Gasteiger partial charge in [-0.05, 0) is 41.9 Å². The van der Waals surface area contributed by atoms with Crippen molar-refractivity contribution in [1.82, 2.24) is 0 Å². The van der Waals surface area contributed by atoms with Crippen molar-refractivity contribution < 1.29 is 4.79 Å². The Balaban J connectivity index is 2.25. The first-order valence-electron chi connectivity index (χ1n) is 6.24. The van der Waals surface area contributed by atoms with Crippen LogP contribution in [0.1, 0.15) is 20.3 Å². The number of nitrogens with two attached hydrogens (primary N) is 1. The van der Waals surface area contributed by atoms with Crippen LogP contribution in [0.4, 0.5) is 5.69 Å². The summed E-state index contributed by atoms with van der Waals surface area (Å²) in [5.41, 5.74) is 6.07. The van der Waals surface area contributed by atoms with Crippen LogP contribution in [0.15, 0.2) is 28.7 Å². The zero-order chi connectivity index (χ0) is 14.1. The number of thioether (sulfide) groups is 1. The number of carbonyl (C=O) groups is 1. The van der Waals surface area contributed by atoms with Crippen molar-refractivity contribution in [3.63, 3.8) is 0 Å². The monoisotopic (exact) mass is 342 g/mol. The van der Waals surface area contributed by atoms with Crippen molar-refractivity contribution >= 4 is 39.3 Å². The highest BCUT2D eigenvalue weighted by Crippen LogP contribution is 2.40. The van der Waals surface area contributed by atoms with E-state index in [1.54, 1.807) is 11.8 Å². The van der Waals surface area contributed by atoms with Gasteiger partial charge in [-0.2, -0.15) is 11.8 Å². The van der Waals surface area contributed by atoms with Gasteiger partial charge in [0.2, 0.25) is 5.91 Å². The van der Waals surface area contributed by atoms with Crippen molar-refractivity contribution in [1.29, 1.82) is 0 Å². The molecule has 0 aliphatic carbocycles. The lowest BCUT2D eigenvalue weighted by atomic mass is 9.79. The second-order valence-corrected chi connectivity index (χ2v) is 7.81. The second kappa shape index (κ2) is 5.37. The van der Waals surface area contributed by atoms with E-state index in [0.29, 0.717) is 0 Å². The summed E-state index contributed by atoms with van der Waals surface area (Å²) in [6.07, 6.45) is 0.762. The lowest BCUT2D eigenvalue weighted by Gasteiger charge is -2.43. The van der Waals surface area contributed by atoms with Crippen LogP contribution in [0.5, 0.6) is 0 Å². The molecule has 104 valence electrons. The molecule has 1 aromatic carbocycles. The molecule has 1 heterocycles. The van der Waals surface area contributed by atoms with Crippen LogP contribution < -0.4 is 11.1 Å². The van der Waals surface area contributed by atoms with E-state index in [9.17, 15) is 4.79 Å². The maximum atomic E-state index is 12.0. The van der Waals surface area contributed by atoms with Crippen molar-refractivity contribution in [3.05, 3.63) is 28.7 Å². The van der Waals surface area contributed by atoms with E-state index in [4.69, 9.17) is 5.73 Å². The second-order valence-electron chi connectivity index (χ2n) is 5.91.